The summed E-state index contributed by atoms with van der Waals surface area (Å²) >= 11 is 0. The minimum atomic E-state index is 0.265. The van der Waals surface area contributed by atoms with E-state index in [2.05, 4.69) is 22.8 Å². The van der Waals surface area contributed by atoms with Gasteiger partial charge in [0.05, 0.1) is 0 Å². The normalized spacial score (nSPS) is 38.8. The Balaban J connectivity index is 1.40. The van der Waals surface area contributed by atoms with Gasteiger partial charge in [-0.15, -0.1) is 0 Å². The van der Waals surface area contributed by atoms with E-state index < -0.39 is 0 Å². The van der Waals surface area contributed by atoms with Crippen LogP contribution < -0.4 is 10.6 Å². The van der Waals surface area contributed by atoms with Gasteiger partial charge in [0.25, 0.3) is 0 Å². The van der Waals surface area contributed by atoms with E-state index in [0.717, 1.165) is 25.9 Å². The summed E-state index contributed by atoms with van der Waals surface area (Å²) in [5.74, 6) is 1.78. The van der Waals surface area contributed by atoms with E-state index in [4.69, 9.17) is 0 Å². The summed E-state index contributed by atoms with van der Waals surface area (Å²) in [5, 5.41) is 6.59. The lowest BCUT2D eigenvalue weighted by atomic mass is 9.93. The van der Waals surface area contributed by atoms with E-state index in [-0.39, 0.29) is 5.92 Å². The monoisotopic (exact) mass is 234 g/mol. The van der Waals surface area contributed by atoms with Crippen molar-refractivity contribution in [2.24, 2.45) is 17.8 Å². The van der Waals surface area contributed by atoms with Crippen LogP contribution in [0.25, 0.3) is 0 Å². The van der Waals surface area contributed by atoms with Gasteiger partial charge in [0.2, 0.25) is 5.91 Å². The zero-order valence-corrected chi connectivity index (χ0v) is 10.3. The molecule has 1 heterocycles. The van der Waals surface area contributed by atoms with Crippen molar-refractivity contribution < 1.29 is 4.79 Å². The number of hydrogen-bond acceptors (Lipinski definition) is 2. The number of allylic oxidation sites excluding steroid dienone is 2. The van der Waals surface area contributed by atoms with Crippen molar-refractivity contribution in [1.29, 1.82) is 0 Å². The molecule has 3 rings (SSSR count). The second-order valence-electron chi connectivity index (χ2n) is 5.76. The Morgan fingerprint density at radius 2 is 2.29 bits per heavy atom. The molecule has 2 bridgehead atoms. The van der Waals surface area contributed by atoms with Crippen molar-refractivity contribution in [2.75, 3.05) is 13.1 Å². The quantitative estimate of drug-likeness (QED) is 0.723. The van der Waals surface area contributed by atoms with Crippen molar-refractivity contribution in [2.45, 2.75) is 38.1 Å². The summed E-state index contributed by atoms with van der Waals surface area (Å²) < 4.78 is 0. The third-order valence-corrected chi connectivity index (χ3v) is 4.57. The average Bonchev–Trinajstić information content (AvgIpc) is 3.05. The van der Waals surface area contributed by atoms with Crippen LogP contribution in [0.2, 0.25) is 0 Å². The third kappa shape index (κ3) is 2.39. The SMILES string of the molecule is O=C(NCCC1CCCN1)C1CC2C=CC1C2. The molecule has 3 heteroatoms. The maximum atomic E-state index is 12.0. The molecular formula is C14H22N2O. The van der Waals surface area contributed by atoms with E-state index in [0.29, 0.717) is 23.8 Å². The average molecular weight is 234 g/mol. The van der Waals surface area contributed by atoms with Gasteiger partial charge in [-0.3, -0.25) is 4.79 Å². The van der Waals surface area contributed by atoms with Crippen LogP contribution in [0.1, 0.15) is 32.1 Å². The molecule has 0 aromatic carbocycles. The largest absolute Gasteiger partial charge is 0.356 e. The van der Waals surface area contributed by atoms with E-state index in [9.17, 15) is 4.79 Å². The number of carbonyl (C=O) groups excluding carboxylic acids is 1. The highest BCUT2D eigenvalue weighted by Gasteiger charge is 2.39. The molecule has 17 heavy (non-hydrogen) atoms. The first-order valence-electron chi connectivity index (χ1n) is 7.02. The van der Waals surface area contributed by atoms with Crippen LogP contribution in [-0.2, 0) is 4.79 Å². The molecule has 1 aliphatic heterocycles. The summed E-state index contributed by atoms with van der Waals surface area (Å²) in [6.07, 6.45) is 10.5. The van der Waals surface area contributed by atoms with Crippen LogP contribution in [0, 0.1) is 17.8 Å². The second kappa shape index (κ2) is 4.81. The molecule has 0 radical (unpaired) electrons. The lowest BCUT2D eigenvalue weighted by molar-refractivity contribution is -0.125. The predicted molar refractivity (Wildman–Crippen MR) is 67.5 cm³/mol. The molecule has 0 spiro atoms. The molecule has 2 aliphatic carbocycles. The maximum Gasteiger partial charge on any atom is 0.223 e. The zero-order chi connectivity index (χ0) is 11.7. The zero-order valence-electron chi connectivity index (χ0n) is 10.3. The molecule has 3 nitrogen and oxygen atoms in total. The molecule has 3 aliphatic rings. The summed E-state index contributed by atoms with van der Waals surface area (Å²) in [6, 6.07) is 0.634. The van der Waals surface area contributed by atoms with Crippen LogP contribution >= 0.6 is 0 Å². The molecule has 1 amide bonds. The number of hydrogen-bond donors (Lipinski definition) is 2. The Bertz CT molecular complexity index is 320. The number of amides is 1. The molecule has 2 fully saturated rings. The molecule has 0 aromatic heterocycles. The van der Waals surface area contributed by atoms with Gasteiger partial charge in [-0.25, -0.2) is 0 Å². The van der Waals surface area contributed by atoms with E-state index in [1.807, 2.05) is 0 Å². The number of nitrogens with one attached hydrogen (secondary N) is 2. The predicted octanol–water partition coefficient (Wildman–Crippen LogP) is 1.46. The number of carbonyl (C=O) groups is 1. The van der Waals surface area contributed by atoms with Gasteiger partial charge in [0, 0.05) is 18.5 Å². The smallest absolute Gasteiger partial charge is 0.223 e. The molecule has 1 saturated carbocycles. The number of fused-ring (bicyclic) bond motifs is 2. The van der Waals surface area contributed by atoms with Crippen LogP contribution in [0.4, 0.5) is 0 Å². The Kier molecular flexibility index (Phi) is 3.19. The van der Waals surface area contributed by atoms with Gasteiger partial charge in [-0.05, 0) is 50.5 Å². The first-order valence-corrected chi connectivity index (χ1v) is 7.02. The molecule has 4 unspecified atom stereocenters. The standard InChI is InChI=1S/C14H22N2O/c17-14(13-9-10-3-4-11(13)8-10)16-7-5-12-2-1-6-15-12/h3-4,10-13,15H,1-2,5-9H2,(H,16,17). The van der Waals surface area contributed by atoms with Gasteiger partial charge < -0.3 is 10.6 Å². The Labute approximate surface area is 103 Å². The highest BCUT2D eigenvalue weighted by Crippen LogP contribution is 2.43. The molecule has 1 saturated heterocycles. The summed E-state index contributed by atoms with van der Waals surface area (Å²) in [4.78, 5) is 12.0. The Morgan fingerprint density at radius 3 is 2.94 bits per heavy atom. The second-order valence-corrected chi connectivity index (χ2v) is 5.76. The van der Waals surface area contributed by atoms with Gasteiger partial charge in [-0.2, -0.15) is 0 Å². The maximum absolute atomic E-state index is 12.0. The van der Waals surface area contributed by atoms with Crippen molar-refractivity contribution in [3.63, 3.8) is 0 Å². The fourth-order valence-electron chi connectivity index (χ4n) is 3.59. The molecule has 0 aromatic rings. The third-order valence-electron chi connectivity index (χ3n) is 4.57. The molecule has 94 valence electrons. The van der Waals surface area contributed by atoms with Crippen LogP contribution in [0.5, 0.6) is 0 Å². The van der Waals surface area contributed by atoms with Crippen LogP contribution in [0.3, 0.4) is 0 Å². The summed E-state index contributed by atoms with van der Waals surface area (Å²) in [5.41, 5.74) is 0. The van der Waals surface area contributed by atoms with E-state index in [1.165, 1.54) is 19.3 Å². The summed E-state index contributed by atoms with van der Waals surface area (Å²) in [6.45, 7) is 1.99. The molecular weight excluding hydrogens is 212 g/mol. The fourth-order valence-corrected chi connectivity index (χ4v) is 3.59. The highest BCUT2D eigenvalue weighted by molar-refractivity contribution is 5.79. The Hall–Kier alpha value is -0.830. The molecule has 4 atom stereocenters. The van der Waals surface area contributed by atoms with Crippen molar-refractivity contribution >= 4 is 5.91 Å². The molecule has 2 N–H and O–H groups in total. The van der Waals surface area contributed by atoms with Gasteiger partial charge >= 0.3 is 0 Å². The van der Waals surface area contributed by atoms with Gasteiger partial charge in [0.1, 0.15) is 0 Å². The van der Waals surface area contributed by atoms with Gasteiger partial charge in [0.15, 0.2) is 0 Å². The topological polar surface area (TPSA) is 41.1 Å². The van der Waals surface area contributed by atoms with Crippen molar-refractivity contribution in [3.05, 3.63) is 12.2 Å². The number of rotatable bonds is 4. The van der Waals surface area contributed by atoms with E-state index in [1.54, 1.807) is 0 Å². The first kappa shape index (κ1) is 11.3. The lowest BCUT2D eigenvalue weighted by Crippen LogP contribution is -2.35. The van der Waals surface area contributed by atoms with Crippen molar-refractivity contribution in [1.82, 2.24) is 10.6 Å². The first-order chi connectivity index (χ1) is 8.33. The highest BCUT2D eigenvalue weighted by atomic mass is 16.1. The fraction of sp³-hybridized carbons (Fsp3) is 0.786. The van der Waals surface area contributed by atoms with E-state index >= 15 is 0 Å². The van der Waals surface area contributed by atoms with Gasteiger partial charge in [-0.1, -0.05) is 12.2 Å². The van der Waals surface area contributed by atoms with Crippen LogP contribution in [0.15, 0.2) is 12.2 Å². The summed E-state index contributed by atoms with van der Waals surface area (Å²) in [7, 11) is 0. The van der Waals surface area contributed by atoms with Crippen LogP contribution in [-0.4, -0.2) is 25.0 Å². The Morgan fingerprint density at radius 1 is 1.35 bits per heavy atom. The van der Waals surface area contributed by atoms with Crippen molar-refractivity contribution in [3.8, 4) is 0 Å². The minimum absolute atomic E-state index is 0.265. The lowest BCUT2D eigenvalue weighted by Gasteiger charge is -2.18. The minimum Gasteiger partial charge on any atom is -0.356 e.